The Morgan fingerprint density at radius 2 is 0.982 bits per heavy atom. The summed E-state index contributed by atoms with van der Waals surface area (Å²) in [7, 11) is 0. The largest absolute Gasteiger partial charge is 0.309 e. The average Bonchev–Trinajstić information content (AvgIpc) is 3.88. The number of hydrogen-bond donors (Lipinski definition) is 0. The minimum Gasteiger partial charge on any atom is -0.309 e. The molecule has 0 N–H and O–H groups in total. The molecule has 0 atom stereocenters. The number of hydrogen-bond acceptors (Lipinski definition) is 4. The van der Waals surface area contributed by atoms with Crippen molar-refractivity contribution in [3.8, 4) is 62.1 Å². The van der Waals surface area contributed by atoms with Crippen molar-refractivity contribution >= 4 is 53.3 Å². The molecule has 11 aromatic rings. The van der Waals surface area contributed by atoms with Crippen LogP contribution in [0.1, 0.15) is 8.22 Å². The summed E-state index contributed by atoms with van der Waals surface area (Å²) in [5.74, 6) is 1.78. The monoisotopic (exact) mass is 738 g/mol. The van der Waals surface area contributed by atoms with Gasteiger partial charge in [0.2, 0.25) is 0 Å². The fraction of sp³-hybridized carbons (Fsp3) is 0. The molecule has 56 heavy (non-hydrogen) atoms. The molecule has 262 valence electrons. The molecule has 0 saturated heterocycles. The summed E-state index contributed by atoms with van der Waals surface area (Å²) in [6.45, 7) is 0. The molecular weight excluding hydrogens is 701 g/mol. The highest BCUT2D eigenvalue weighted by molar-refractivity contribution is 7.26. The molecule has 3 heterocycles. The first-order chi connectivity index (χ1) is 30.2. The number of para-hydroxylation sites is 2. The quantitative estimate of drug-likeness (QED) is 0.171. The third-order valence-corrected chi connectivity index (χ3v) is 11.4. The number of fused-ring (bicyclic) bond motifs is 6. The Kier molecular flexibility index (Phi) is 6.29. The lowest BCUT2D eigenvalue weighted by molar-refractivity contribution is 1.08. The minimum absolute atomic E-state index is 0.00153. The van der Waals surface area contributed by atoms with Crippen LogP contribution in [0.15, 0.2) is 194 Å². The normalized spacial score (nSPS) is 13.1. The lowest BCUT2D eigenvalue weighted by atomic mass is 9.97. The fourth-order valence-electron chi connectivity index (χ4n) is 7.56. The van der Waals surface area contributed by atoms with Gasteiger partial charge in [-0.3, -0.25) is 0 Å². The maximum absolute atomic E-state index is 9.08. The van der Waals surface area contributed by atoms with Gasteiger partial charge in [-0.2, -0.15) is 0 Å². The topological polar surface area (TPSA) is 43.6 Å². The van der Waals surface area contributed by atoms with Crippen molar-refractivity contribution in [2.45, 2.75) is 0 Å². The van der Waals surface area contributed by atoms with Gasteiger partial charge in [-0.15, -0.1) is 11.3 Å². The zero-order valence-corrected chi connectivity index (χ0v) is 30.5. The molecule has 11 rings (SSSR count). The van der Waals surface area contributed by atoms with Crippen molar-refractivity contribution in [2.75, 3.05) is 0 Å². The smallest absolute Gasteiger partial charge is 0.165 e. The minimum atomic E-state index is -0.148. The van der Waals surface area contributed by atoms with Crippen LogP contribution in [-0.2, 0) is 0 Å². The summed E-state index contributed by atoms with van der Waals surface area (Å²) in [6.07, 6.45) is 0. The van der Waals surface area contributed by atoms with E-state index in [1.54, 1.807) is 15.9 Å². The van der Waals surface area contributed by atoms with Crippen molar-refractivity contribution < 1.29 is 8.22 Å². The molecule has 0 unspecified atom stereocenters. The highest BCUT2D eigenvalue weighted by Gasteiger charge is 2.18. The standard InChI is InChI=1S/C51H32N4S/c1-4-15-33(16-5-1)37-29-38(31-39(30-37)55-45-25-12-10-21-40(45)41-22-11-13-26-46(41)55)36-27-28-42-43-23-14-24-44(48(43)56-47(42)32-36)51-53-49(34-17-6-2-7-18-34)52-50(54-51)35-19-8-3-9-20-35/h1-32H/i10D,11D,21D,22D,25D,26D. The van der Waals surface area contributed by atoms with Crippen molar-refractivity contribution in [1.82, 2.24) is 19.5 Å². The maximum Gasteiger partial charge on any atom is 0.165 e. The molecule has 5 heteroatoms. The van der Waals surface area contributed by atoms with Gasteiger partial charge in [0.25, 0.3) is 0 Å². The second kappa shape index (κ2) is 13.3. The first kappa shape index (κ1) is 26.5. The molecule has 0 saturated carbocycles. The van der Waals surface area contributed by atoms with Gasteiger partial charge in [0.1, 0.15) is 0 Å². The average molecular weight is 739 g/mol. The Balaban J connectivity index is 1.12. The van der Waals surface area contributed by atoms with Crippen LogP contribution < -0.4 is 0 Å². The molecule has 0 fully saturated rings. The number of rotatable bonds is 6. The molecular formula is C51H32N4S. The molecule has 0 bridgehead atoms. The van der Waals surface area contributed by atoms with E-state index in [4.69, 9.17) is 23.2 Å². The van der Waals surface area contributed by atoms with Gasteiger partial charge in [-0.05, 0) is 64.7 Å². The fourth-order valence-corrected chi connectivity index (χ4v) is 8.81. The van der Waals surface area contributed by atoms with Crippen molar-refractivity contribution in [2.24, 2.45) is 0 Å². The second-order valence-corrected chi connectivity index (χ2v) is 14.6. The van der Waals surface area contributed by atoms with E-state index in [0.29, 0.717) is 34.2 Å². The maximum atomic E-state index is 9.08. The van der Waals surface area contributed by atoms with Crippen molar-refractivity contribution in [3.63, 3.8) is 0 Å². The van der Waals surface area contributed by atoms with Crippen LogP contribution in [0.3, 0.4) is 0 Å². The molecule has 4 nitrogen and oxygen atoms in total. The second-order valence-electron chi connectivity index (χ2n) is 13.6. The highest BCUT2D eigenvalue weighted by atomic mass is 32.1. The van der Waals surface area contributed by atoms with Crippen LogP contribution in [0.25, 0.3) is 104 Å². The lowest BCUT2D eigenvalue weighted by Crippen LogP contribution is -2.00. The molecule has 0 aliphatic carbocycles. The SMILES string of the molecule is [2H]c1cc([2H])c2c(c1[2H])c1c([2H])c([2H])cc([2H])c1n2-c1cc(-c2ccccc2)cc(-c2ccc3c(c2)sc2c(-c4nc(-c5ccccc5)nc(-c5ccccc5)n4)cccc23)c1. The van der Waals surface area contributed by atoms with E-state index >= 15 is 0 Å². The summed E-state index contributed by atoms with van der Waals surface area (Å²) in [5, 5.41) is 2.64. The van der Waals surface area contributed by atoms with Gasteiger partial charge in [-0.25, -0.2) is 15.0 Å². The Morgan fingerprint density at radius 3 is 1.61 bits per heavy atom. The van der Waals surface area contributed by atoms with Crippen molar-refractivity contribution in [3.05, 3.63) is 194 Å². The summed E-state index contributed by atoms with van der Waals surface area (Å²) < 4.78 is 56.9. The number of nitrogens with zero attached hydrogens (tertiary/aromatic N) is 4. The number of thiophene rings is 1. The van der Waals surface area contributed by atoms with Crippen LogP contribution in [0.4, 0.5) is 0 Å². The third kappa shape index (κ3) is 5.48. The van der Waals surface area contributed by atoms with Gasteiger partial charge in [0, 0.05) is 53.3 Å². The Labute approximate surface area is 336 Å². The van der Waals surface area contributed by atoms with Gasteiger partial charge in [-0.1, -0.05) is 152 Å². The molecule has 8 aromatic carbocycles. The summed E-state index contributed by atoms with van der Waals surface area (Å²) in [5.41, 5.74) is 7.69. The Bertz CT molecular complexity index is 3460. The summed E-state index contributed by atoms with van der Waals surface area (Å²) >= 11 is 1.68. The van der Waals surface area contributed by atoms with E-state index in [-0.39, 0.29) is 47.0 Å². The third-order valence-electron chi connectivity index (χ3n) is 10.2. The molecule has 0 amide bonds. The molecule has 0 radical (unpaired) electrons. The van der Waals surface area contributed by atoms with Crippen LogP contribution in [0, 0.1) is 0 Å². The zero-order chi connectivity index (χ0) is 42.2. The van der Waals surface area contributed by atoms with E-state index in [1.807, 2.05) is 109 Å². The number of aromatic nitrogens is 4. The number of benzene rings is 8. The predicted octanol–water partition coefficient (Wildman–Crippen LogP) is 13.7. The van der Waals surface area contributed by atoms with Gasteiger partial charge in [0.05, 0.1) is 19.3 Å². The highest BCUT2D eigenvalue weighted by Crippen LogP contribution is 2.42. The van der Waals surface area contributed by atoms with Gasteiger partial charge < -0.3 is 4.57 Å². The van der Waals surface area contributed by atoms with Gasteiger partial charge in [0.15, 0.2) is 17.5 Å². The van der Waals surface area contributed by atoms with Crippen LogP contribution in [0.5, 0.6) is 0 Å². The zero-order valence-electron chi connectivity index (χ0n) is 35.7. The molecule has 3 aromatic heterocycles. The summed E-state index contributed by atoms with van der Waals surface area (Å²) in [4.78, 5) is 15.0. The van der Waals surface area contributed by atoms with Crippen molar-refractivity contribution in [1.29, 1.82) is 0 Å². The van der Waals surface area contributed by atoms with E-state index in [1.165, 1.54) is 12.1 Å². The van der Waals surface area contributed by atoms with Gasteiger partial charge >= 0.3 is 0 Å². The summed E-state index contributed by atoms with van der Waals surface area (Å²) in [6, 6.07) is 50.8. The predicted molar refractivity (Wildman–Crippen MR) is 234 cm³/mol. The van der Waals surface area contributed by atoms with Crippen LogP contribution in [0.2, 0.25) is 0 Å². The van der Waals surface area contributed by atoms with E-state index in [2.05, 4.69) is 36.4 Å². The van der Waals surface area contributed by atoms with Crippen LogP contribution >= 0.6 is 11.3 Å². The van der Waals surface area contributed by atoms with E-state index in [9.17, 15) is 0 Å². The van der Waals surface area contributed by atoms with E-state index < -0.39 is 0 Å². The Hall–Kier alpha value is -7.21. The first-order valence-electron chi connectivity index (χ1n) is 21.3. The van der Waals surface area contributed by atoms with E-state index in [0.717, 1.165) is 59.1 Å². The molecule has 0 spiro atoms. The molecule has 0 aliphatic rings. The Morgan fingerprint density at radius 1 is 0.411 bits per heavy atom. The molecule has 0 aliphatic heterocycles. The lowest BCUT2D eigenvalue weighted by Gasteiger charge is -2.14. The first-order valence-corrected chi connectivity index (χ1v) is 19.1. The van der Waals surface area contributed by atoms with Crippen LogP contribution in [-0.4, -0.2) is 19.5 Å².